The van der Waals surface area contributed by atoms with Gasteiger partial charge in [0, 0.05) is 34.6 Å². The highest BCUT2D eigenvalue weighted by Gasteiger charge is 2.31. The number of benzene rings is 2. The molecule has 3 N–H and O–H groups in total. The Morgan fingerprint density at radius 1 is 1.00 bits per heavy atom. The standard InChI is InChI=1S/C21H23F3N2O3/c1-13-17(18-10-16(29-21(22,23)24)6-7-19(18)26-13)8-9-25-12-14-4-5-15(27-2)11-20(14)28-3/h4-7,10-11,25-26H,8-9,12H2,1-3H3/p+1. The molecule has 3 rings (SSSR count). The zero-order chi connectivity index (χ0) is 21.0. The Balaban J connectivity index is 1.67. The van der Waals surface area contributed by atoms with Crippen LogP contribution in [0.1, 0.15) is 16.8 Å². The molecule has 8 heteroatoms. The third-order valence-corrected chi connectivity index (χ3v) is 4.78. The van der Waals surface area contributed by atoms with Crippen molar-refractivity contribution in [2.75, 3.05) is 20.8 Å². The van der Waals surface area contributed by atoms with E-state index >= 15 is 0 Å². The molecule has 2 aromatic carbocycles. The van der Waals surface area contributed by atoms with Crippen LogP contribution in [0.5, 0.6) is 17.2 Å². The summed E-state index contributed by atoms with van der Waals surface area (Å²) in [5.41, 5.74) is 3.78. The number of methoxy groups -OCH3 is 2. The number of hydrogen-bond donors (Lipinski definition) is 2. The molecule has 3 aromatic rings. The highest BCUT2D eigenvalue weighted by Crippen LogP contribution is 2.30. The predicted molar refractivity (Wildman–Crippen MR) is 103 cm³/mol. The second-order valence-electron chi connectivity index (χ2n) is 6.69. The van der Waals surface area contributed by atoms with Gasteiger partial charge in [-0.2, -0.15) is 0 Å². The van der Waals surface area contributed by atoms with Gasteiger partial charge in [0.25, 0.3) is 0 Å². The summed E-state index contributed by atoms with van der Waals surface area (Å²) in [5, 5.41) is 2.89. The van der Waals surface area contributed by atoms with E-state index in [1.807, 2.05) is 25.1 Å². The SMILES string of the molecule is COc1ccc(C[NH2+]CCc2c(C)[nH]c3ccc(OC(F)(F)F)cc23)c(OC)c1. The molecule has 5 nitrogen and oxygen atoms in total. The number of nitrogens with one attached hydrogen (secondary N) is 1. The Labute approximate surface area is 166 Å². The van der Waals surface area contributed by atoms with E-state index in [0.29, 0.717) is 6.42 Å². The summed E-state index contributed by atoms with van der Waals surface area (Å²) in [4.78, 5) is 3.22. The molecule has 0 saturated carbocycles. The highest BCUT2D eigenvalue weighted by molar-refractivity contribution is 5.86. The quantitative estimate of drug-likeness (QED) is 0.558. The van der Waals surface area contributed by atoms with E-state index in [1.54, 1.807) is 20.3 Å². The molecule has 1 aromatic heterocycles. The molecule has 156 valence electrons. The van der Waals surface area contributed by atoms with Crippen LogP contribution in [0.4, 0.5) is 13.2 Å². The molecule has 0 aliphatic rings. The van der Waals surface area contributed by atoms with Crippen LogP contribution in [0.3, 0.4) is 0 Å². The van der Waals surface area contributed by atoms with Crippen molar-refractivity contribution in [2.24, 2.45) is 0 Å². The maximum atomic E-state index is 12.5. The van der Waals surface area contributed by atoms with Crippen molar-refractivity contribution in [1.82, 2.24) is 4.98 Å². The number of nitrogens with two attached hydrogens (primary N) is 1. The number of fused-ring (bicyclic) bond motifs is 1. The van der Waals surface area contributed by atoms with Gasteiger partial charge in [-0.25, -0.2) is 0 Å². The lowest BCUT2D eigenvalue weighted by Crippen LogP contribution is -2.83. The maximum Gasteiger partial charge on any atom is 0.573 e. The van der Waals surface area contributed by atoms with Crippen molar-refractivity contribution in [3.63, 3.8) is 0 Å². The summed E-state index contributed by atoms with van der Waals surface area (Å²) in [6.45, 7) is 3.41. The van der Waals surface area contributed by atoms with E-state index in [4.69, 9.17) is 9.47 Å². The number of alkyl halides is 3. The van der Waals surface area contributed by atoms with E-state index in [-0.39, 0.29) is 5.75 Å². The van der Waals surface area contributed by atoms with Crippen LogP contribution in [-0.2, 0) is 13.0 Å². The van der Waals surface area contributed by atoms with Crippen molar-refractivity contribution in [1.29, 1.82) is 0 Å². The topological polar surface area (TPSA) is 60.1 Å². The minimum atomic E-state index is -4.70. The first-order valence-corrected chi connectivity index (χ1v) is 9.20. The minimum absolute atomic E-state index is 0.211. The first kappa shape index (κ1) is 20.9. The van der Waals surface area contributed by atoms with Crippen molar-refractivity contribution in [2.45, 2.75) is 26.3 Å². The molecular formula is C21H24F3N2O3+. The van der Waals surface area contributed by atoms with E-state index in [2.05, 4.69) is 15.0 Å². The molecular weight excluding hydrogens is 385 g/mol. The monoisotopic (exact) mass is 409 g/mol. The lowest BCUT2D eigenvalue weighted by atomic mass is 10.1. The fourth-order valence-electron chi connectivity index (χ4n) is 3.41. The molecule has 0 atom stereocenters. The van der Waals surface area contributed by atoms with Crippen molar-refractivity contribution in [3.05, 3.63) is 53.2 Å². The smallest absolute Gasteiger partial charge is 0.497 e. The normalized spacial score (nSPS) is 11.7. The van der Waals surface area contributed by atoms with Gasteiger partial charge >= 0.3 is 6.36 Å². The fourth-order valence-corrected chi connectivity index (χ4v) is 3.41. The molecule has 0 aliphatic carbocycles. The van der Waals surface area contributed by atoms with Gasteiger partial charge < -0.3 is 24.5 Å². The van der Waals surface area contributed by atoms with Crippen LogP contribution in [0.2, 0.25) is 0 Å². The molecule has 0 unspecified atom stereocenters. The van der Waals surface area contributed by atoms with Crippen LogP contribution < -0.4 is 19.5 Å². The van der Waals surface area contributed by atoms with Gasteiger partial charge in [-0.3, -0.25) is 0 Å². The lowest BCUT2D eigenvalue weighted by Gasteiger charge is -2.10. The summed E-state index contributed by atoms with van der Waals surface area (Å²) in [7, 11) is 3.23. The molecule has 0 bridgehead atoms. The first-order chi connectivity index (χ1) is 13.8. The second kappa shape index (κ2) is 8.65. The fraction of sp³-hybridized carbons (Fsp3) is 0.333. The van der Waals surface area contributed by atoms with E-state index in [9.17, 15) is 13.2 Å². The number of halogens is 3. The van der Waals surface area contributed by atoms with Crippen LogP contribution >= 0.6 is 0 Å². The Bertz CT molecular complexity index is 983. The highest BCUT2D eigenvalue weighted by atomic mass is 19.4. The number of quaternary nitrogens is 1. The maximum absolute atomic E-state index is 12.5. The van der Waals surface area contributed by atoms with Crippen LogP contribution in [0.15, 0.2) is 36.4 Å². The lowest BCUT2D eigenvalue weighted by molar-refractivity contribution is -0.670. The van der Waals surface area contributed by atoms with Crippen molar-refractivity contribution >= 4 is 10.9 Å². The average Bonchev–Trinajstić information content (AvgIpc) is 2.98. The molecule has 0 fully saturated rings. The zero-order valence-electron chi connectivity index (χ0n) is 16.5. The number of hydrogen-bond acceptors (Lipinski definition) is 3. The molecule has 0 aliphatic heterocycles. The van der Waals surface area contributed by atoms with Crippen LogP contribution in [0, 0.1) is 6.92 Å². The van der Waals surface area contributed by atoms with Gasteiger partial charge in [0.05, 0.1) is 20.8 Å². The number of rotatable bonds is 8. The van der Waals surface area contributed by atoms with Gasteiger partial charge in [-0.15, -0.1) is 13.2 Å². The summed E-state index contributed by atoms with van der Waals surface area (Å²) < 4.78 is 52.2. The van der Waals surface area contributed by atoms with Gasteiger partial charge in [0.15, 0.2) is 0 Å². The predicted octanol–water partition coefficient (Wildman–Crippen LogP) is 3.70. The molecule has 29 heavy (non-hydrogen) atoms. The van der Waals surface area contributed by atoms with Crippen molar-refractivity contribution in [3.8, 4) is 17.2 Å². The number of aryl methyl sites for hydroxylation is 1. The average molecular weight is 409 g/mol. The second-order valence-corrected chi connectivity index (χ2v) is 6.69. The molecule has 0 saturated heterocycles. The van der Waals surface area contributed by atoms with Gasteiger partial charge in [0.2, 0.25) is 0 Å². The Kier molecular flexibility index (Phi) is 6.22. The number of ether oxygens (including phenoxy) is 3. The van der Waals surface area contributed by atoms with E-state index in [0.717, 1.165) is 52.3 Å². The molecule has 0 radical (unpaired) electrons. The summed E-state index contributed by atoms with van der Waals surface area (Å²) >= 11 is 0. The van der Waals surface area contributed by atoms with E-state index < -0.39 is 6.36 Å². The number of H-pyrrole nitrogens is 1. The van der Waals surface area contributed by atoms with Gasteiger partial charge in [-0.05, 0) is 42.8 Å². The summed E-state index contributed by atoms with van der Waals surface area (Å²) in [5.74, 6) is 1.28. The van der Waals surface area contributed by atoms with Crippen LogP contribution in [0.25, 0.3) is 10.9 Å². The minimum Gasteiger partial charge on any atom is -0.497 e. The Morgan fingerprint density at radius 3 is 2.45 bits per heavy atom. The van der Waals surface area contributed by atoms with Crippen LogP contribution in [-0.4, -0.2) is 32.1 Å². The number of aromatic nitrogens is 1. The Morgan fingerprint density at radius 2 is 1.76 bits per heavy atom. The van der Waals surface area contributed by atoms with Crippen molar-refractivity contribution < 1.29 is 32.7 Å². The zero-order valence-corrected chi connectivity index (χ0v) is 16.5. The summed E-state index contributed by atoms with van der Waals surface area (Å²) in [6, 6.07) is 10.1. The number of aromatic amines is 1. The molecule has 1 heterocycles. The molecule has 0 amide bonds. The van der Waals surface area contributed by atoms with E-state index in [1.165, 1.54) is 12.1 Å². The largest absolute Gasteiger partial charge is 0.573 e. The third kappa shape index (κ3) is 5.14. The van der Waals surface area contributed by atoms with Gasteiger partial charge in [0.1, 0.15) is 23.8 Å². The first-order valence-electron chi connectivity index (χ1n) is 9.20. The Hall–Kier alpha value is -2.87. The summed E-state index contributed by atoms with van der Waals surface area (Å²) in [6.07, 6.45) is -4.00. The third-order valence-electron chi connectivity index (χ3n) is 4.78. The van der Waals surface area contributed by atoms with Gasteiger partial charge in [-0.1, -0.05) is 0 Å². The molecule has 0 spiro atoms.